The highest BCUT2D eigenvalue weighted by Crippen LogP contribution is 2.39. The fourth-order valence-corrected chi connectivity index (χ4v) is 14.2. The zero-order valence-electron chi connectivity index (χ0n) is 48.8. The Morgan fingerprint density at radius 3 is 1.29 bits per heavy atom. The van der Waals surface area contributed by atoms with Gasteiger partial charge in [0, 0.05) is 113 Å². The number of hydrogen-bond acceptors (Lipinski definition) is 13. The van der Waals surface area contributed by atoms with Gasteiger partial charge >= 0.3 is 0 Å². The van der Waals surface area contributed by atoms with Crippen molar-refractivity contribution in [3.05, 3.63) is 106 Å². The molecule has 2 amide bonds. The van der Waals surface area contributed by atoms with Crippen LogP contribution in [0.1, 0.15) is 128 Å². The second-order valence-corrected chi connectivity index (χ2v) is 26.0. The molecule has 8 N–H and O–H groups in total. The third-order valence-electron chi connectivity index (χ3n) is 15.4. The molecular weight excluding hydrogens is 1070 g/mol. The van der Waals surface area contributed by atoms with Gasteiger partial charge in [-0.25, -0.2) is 26.8 Å². The highest BCUT2D eigenvalue weighted by molar-refractivity contribution is 7.89. The third-order valence-corrected chi connectivity index (χ3v) is 19.1. The Kier molecular flexibility index (Phi) is 22.8. The second-order valence-electron chi connectivity index (χ2n) is 22.1. The molecule has 8 rings (SSSR count). The minimum absolute atomic E-state index is 0.00705. The van der Waals surface area contributed by atoms with E-state index in [0.717, 1.165) is 115 Å². The van der Waals surface area contributed by atoms with Crippen LogP contribution in [0.15, 0.2) is 104 Å². The molecule has 0 aliphatic carbocycles. The van der Waals surface area contributed by atoms with Crippen LogP contribution < -0.4 is 17.2 Å². The highest BCUT2D eigenvalue weighted by atomic mass is 32.2. The van der Waals surface area contributed by atoms with E-state index in [2.05, 4.69) is 46.8 Å². The van der Waals surface area contributed by atoms with Crippen LogP contribution in [-0.2, 0) is 42.5 Å². The van der Waals surface area contributed by atoms with Crippen LogP contribution in [0, 0.1) is 11.8 Å². The van der Waals surface area contributed by atoms with Crippen molar-refractivity contribution in [3.63, 3.8) is 0 Å². The number of carbonyl (C=O) groups is 2. The fraction of sp³-hybridized carbons (Fsp3) is 0.492. The number of aryl methyl sites for hydroxylation is 2. The van der Waals surface area contributed by atoms with Crippen LogP contribution in [0.4, 0.5) is 11.4 Å². The second kappa shape index (κ2) is 29.5. The minimum atomic E-state index is -3.66. The molecule has 4 heterocycles. The zero-order chi connectivity index (χ0) is 59.1. The van der Waals surface area contributed by atoms with E-state index in [0.29, 0.717) is 99.5 Å². The van der Waals surface area contributed by atoms with E-state index in [1.807, 2.05) is 46.2 Å². The van der Waals surface area contributed by atoms with E-state index in [9.17, 15) is 36.6 Å². The van der Waals surface area contributed by atoms with E-state index in [-0.39, 0.29) is 53.1 Å². The molecule has 4 aromatic carbocycles. The number of fused-ring (bicyclic) bond motifs is 2. The van der Waals surface area contributed by atoms with E-state index in [1.54, 1.807) is 36.4 Å². The zero-order valence-corrected chi connectivity index (χ0v) is 50.4. The maximum Gasteiger partial charge on any atom is 0.250 e. The van der Waals surface area contributed by atoms with Crippen molar-refractivity contribution in [1.82, 2.24) is 18.4 Å². The van der Waals surface area contributed by atoms with Gasteiger partial charge in [0.25, 0.3) is 0 Å². The molecule has 2 fully saturated rings. The average molecular weight is 1160 g/mol. The van der Waals surface area contributed by atoms with Crippen molar-refractivity contribution in [1.29, 1.82) is 0 Å². The quantitative estimate of drug-likeness (QED) is 0.0371. The van der Waals surface area contributed by atoms with E-state index in [4.69, 9.17) is 27.2 Å². The first-order valence-electron chi connectivity index (χ1n) is 29.6. The molecule has 2 saturated heterocycles. The molecule has 0 radical (unpaired) electrons. The topological polar surface area (TPSA) is 259 Å². The predicted octanol–water partition coefficient (Wildman–Crippen LogP) is 8.80. The molecule has 0 aromatic heterocycles. The lowest BCUT2D eigenvalue weighted by Crippen LogP contribution is -2.51. The number of sulfonamides is 2. The summed E-state index contributed by atoms with van der Waals surface area (Å²) in [6.45, 7) is 15.1. The van der Waals surface area contributed by atoms with E-state index in [1.165, 1.54) is 8.61 Å². The minimum Gasteiger partial charge on any atom is -0.396 e. The molecule has 444 valence electrons. The van der Waals surface area contributed by atoms with Gasteiger partial charge in [-0.1, -0.05) is 83.9 Å². The first-order valence-corrected chi connectivity index (χ1v) is 32.4. The number of aliphatic hydroxyl groups excluding tert-OH is 2. The van der Waals surface area contributed by atoms with Crippen molar-refractivity contribution in [2.75, 3.05) is 72.1 Å². The Morgan fingerprint density at radius 2 is 0.939 bits per heavy atom. The molecule has 82 heavy (non-hydrogen) atoms. The molecule has 0 bridgehead atoms. The molecular formula is C63H87N9O8S2. The number of aliphatic hydroxyl groups is 2. The number of carbonyl (C=O) groups excluding carboxylic acids is 2. The Labute approximate surface area is 487 Å². The van der Waals surface area contributed by atoms with Crippen LogP contribution in [0.25, 0.3) is 34.4 Å². The van der Waals surface area contributed by atoms with Gasteiger partial charge in [-0.05, 0) is 146 Å². The van der Waals surface area contributed by atoms with Gasteiger partial charge in [0.2, 0.25) is 31.9 Å². The first kappa shape index (κ1) is 63.5. The first-order chi connectivity index (χ1) is 39.4. The number of benzene rings is 4. The number of amides is 2. The summed E-state index contributed by atoms with van der Waals surface area (Å²) in [7, 11) is -7.31. The molecule has 0 atom stereocenters. The summed E-state index contributed by atoms with van der Waals surface area (Å²) in [5.41, 5.74) is 28.3. The van der Waals surface area contributed by atoms with Gasteiger partial charge in [-0.3, -0.25) is 9.59 Å². The summed E-state index contributed by atoms with van der Waals surface area (Å²) in [6.07, 6.45) is 14.5. The van der Waals surface area contributed by atoms with Crippen LogP contribution in [0.2, 0.25) is 0 Å². The molecule has 0 saturated carbocycles. The number of unbranched alkanes of at least 4 members (excludes halogenated alkanes) is 3. The Hall–Kier alpha value is -6.06. The fourth-order valence-electron chi connectivity index (χ4n) is 10.9. The largest absolute Gasteiger partial charge is 0.396 e. The Morgan fingerprint density at radius 1 is 0.549 bits per heavy atom. The van der Waals surface area contributed by atoms with Crippen molar-refractivity contribution >= 4 is 67.1 Å². The van der Waals surface area contributed by atoms with Crippen LogP contribution in [0.5, 0.6) is 0 Å². The lowest BCUT2D eigenvalue weighted by atomic mass is 9.93. The Bertz CT molecular complexity index is 3030. The third kappa shape index (κ3) is 15.4. The number of hydrogen-bond donors (Lipinski definition) is 5. The standard InChI is InChI=1S/C32H44N4O4S.C31H43N5O4S/c1-4-7-8-10-25-15-26(24-11-9-12-28(16-24)41(39,40)36-20-23(21-36)22-37)18-30-29(25)17-27(19-31(33)34-30)32(38)35(13-5-2)14-6-3;1-3-12-35(13-4-2)31(38)26-16-28-24(8-5-6-11-32)14-25(17-29(28)34-30(33)18-26)23-9-7-10-27(15-23)41(39,40)36-19-22(20-36)21-37/h9,11-12,15-18,23,37H,4-8,10,13-14,19-22H2,1-3H3,(H2,33,34);7,9-10,14-17,22,37H,3-6,8,11-13,18-21,32H2,1-2H3,(H2,33,34). The monoisotopic (exact) mass is 1160 g/mol. The predicted molar refractivity (Wildman–Crippen MR) is 330 cm³/mol. The molecule has 17 nitrogen and oxygen atoms in total. The van der Waals surface area contributed by atoms with E-state index < -0.39 is 20.0 Å². The highest BCUT2D eigenvalue weighted by Gasteiger charge is 2.38. The van der Waals surface area contributed by atoms with Gasteiger partial charge in [0.05, 0.1) is 21.2 Å². The number of amidine groups is 2. The number of rotatable bonds is 26. The van der Waals surface area contributed by atoms with Gasteiger partial charge in [-0.15, -0.1) is 0 Å². The van der Waals surface area contributed by atoms with Gasteiger partial charge < -0.3 is 37.2 Å². The molecule has 4 aliphatic heterocycles. The number of nitrogens with zero attached hydrogens (tertiary/aromatic N) is 6. The van der Waals surface area contributed by atoms with Crippen molar-refractivity contribution in [2.24, 2.45) is 39.0 Å². The van der Waals surface area contributed by atoms with Gasteiger partial charge in [-0.2, -0.15) is 8.61 Å². The molecule has 4 aliphatic rings. The molecule has 0 unspecified atom stereocenters. The summed E-state index contributed by atoms with van der Waals surface area (Å²) in [4.78, 5) is 40.9. The maximum atomic E-state index is 13.6. The summed E-state index contributed by atoms with van der Waals surface area (Å²) in [5.74, 6) is 0.735. The number of aliphatic imine (C=N–C) groups is 2. The Balaban J connectivity index is 0.000000236. The molecule has 19 heteroatoms. The van der Waals surface area contributed by atoms with Crippen molar-refractivity contribution in [3.8, 4) is 22.3 Å². The lowest BCUT2D eigenvalue weighted by molar-refractivity contribution is -0.128. The summed E-state index contributed by atoms with van der Waals surface area (Å²) in [6, 6.07) is 22.0. The van der Waals surface area contributed by atoms with Crippen molar-refractivity contribution in [2.45, 2.75) is 128 Å². The van der Waals surface area contributed by atoms with Gasteiger partial charge in [0.1, 0.15) is 11.7 Å². The van der Waals surface area contributed by atoms with Crippen LogP contribution >= 0.6 is 0 Å². The summed E-state index contributed by atoms with van der Waals surface area (Å²) >= 11 is 0. The smallest absolute Gasteiger partial charge is 0.250 e. The average Bonchev–Trinajstić information content (AvgIpc) is 3.88. The lowest BCUT2D eigenvalue weighted by Gasteiger charge is -2.36. The maximum absolute atomic E-state index is 13.6. The summed E-state index contributed by atoms with van der Waals surface area (Å²) < 4.78 is 55.7. The summed E-state index contributed by atoms with van der Waals surface area (Å²) in [5, 5.41) is 18.6. The normalized spacial score (nSPS) is 15.9. The van der Waals surface area contributed by atoms with Crippen molar-refractivity contribution < 1.29 is 36.6 Å². The number of nitrogens with two attached hydrogens (primary N) is 3. The van der Waals surface area contributed by atoms with Crippen LogP contribution in [-0.4, -0.2) is 141 Å². The molecule has 4 aromatic rings. The molecule has 0 spiro atoms. The SMILES string of the molecule is CCCCCc1cc(-c2cccc(S(=O)(=O)N3CC(CO)C3)c2)cc2c1C=C(C(=O)N(CCC)CCC)CC(N)=N2.CCCN(CCC)C(=O)C1=Cc2c(CCCCN)cc(-c3cccc(S(=O)(=O)N4CC(CO)C4)c3)cc2N=C(N)C1. The van der Waals surface area contributed by atoms with Crippen LogP contribution in [0.3, 0.4) is 0 Å². The van der Waals surface area contributed by atoms with E-state index >= 15 is 0 Å². The van der Waals surface area contributed by atoms with Gasteiger partial charge in [0.15, 0.2) is 0 Å².